The largest absolute Gasteiger partial charge is 0.354 e. The van der Waals surface area contributed by atoms with Gasteiger partial charge in [-0.15, -0.1) is 0 Å². The van der Waals surface area contributed by atoms with Gasteiger partial charge in [-0.3, -0.25) is 14.5 Å². The van der Waals surface area contributed by atoms with E-state index >= 15 is 0 Å². The summed E-state index contributed by atoms with van der Waals surface area (Å²) < 4.78 is 26.1. The number of carbonyl (C=O) groups excluding carboxylic acids is 1. The topological polar surface area (TPSA) is 87.6 Å². The van der Waals surface area contributed by atoms with Crippen molar-refractivity contribution >= 4 is 21.8 Å². The summed E-state index contributed by atoms with van der Waals surface area (Å²) in [5.41, 5.74) is 0.567. The monoisotopic (exact) mass is 265 g/mol. The summed E-state index contributed by atoms with van der Waals surface area (Å²) in [5.74, 6) is 0.269. The predicted molar refractivity (Wildman–Crippen MR) is 64.7 cm³/mol. The zero-order valence-corrected chi connectivity index (χ0v) is 10.2. The minimum atomic E-state index is -3.50. The van der Waals surface area contributed by atoms with Crippen molar-refractivity contribution in [3.8, 4) is 0 Å². The maximum atomic E-state index is 11.8. The van der Waals surface area contributed by atoms with E-state index in [9.17, 15) is 13.2 Å². The van der Waals surface area contributed by atoms with E-state index in [0.717, 1.165) is 0 Å². The molecule has 1 atom stereocenters. The highest BCUT2D eigenvalue weighted by Gasteiger charge is 2.31. The molecule has 1 aromatic rings. The zero-order chi connectivity index (χ0) is 12.8. The number of rotatable bonds is 1. The smallest absolute Gasteiger partial charge is 0.263 e. The van der Waals surface area contributed by atoms with Crippen LogP contribution in [0.5, 0.6) is 0 Å². The van der Waals surface area contributed by atoms with Crippen LogP contribution in [0.1, 0.15) is 12.0 Å². The lowest BCUT2D eigenvalue weighted by Crippen LogP contribution is -2.24. The van der Waals surface area contributed by atoms with Crippen LogP contribution in [0.25, 0.3) is 0 Å². The van der Waals surface area contributed by atoms with Crippen LogP contribution in [0.4, 0.5) is 0 Å². The van der Waals surface area contributed by atoms with E-state index < -0.39 is 10.0 Å². The fourth-order valence-electron chi connectivity index (χ4n) is 2.09. The predicted octanol–water partition coefficient (Wildman–Crippen LogP) is -0.386. The lowest BCUT2D eigenvalue weighted by molar-refractivity contribution is -0.119. The average molecular weight is 265 g/mol. The van der Waals surface area contributed by atoms with Crippen LogP contribution in [0.15, 0.2) is 34.2 Å². The molecule has 0 aromatic heterocycles. The van der Waals surface area contributed by atoms with Gasteiger partial charge in [0.1, 0.15) is 5.84 Å². The molecule has 0 radical (unpaired) electrons. The number of nitrogens with one attached hydrogen (secondary N) is 2. The molecule has 1 unspecified atom stereocenters. The summed E-state index contributed by atoms with van der Waals surface area (Å²) in [6.07, 6.45) is 0.299. The van der Waals surface area contributed by atoms with Crippen LogP contribution in [0.3, 0.4) is 0 Å². The number of benzene rings is 1. The van der Waals surface area contributed by atoms with Crippen LogP contribution >= 0.6 is 0 Å². The van der Waals surface area contributed by atoms with Crippen molar-refractivity contribution in [3.05, 3.63) is 29.8 Å². The number of hydrogen-bond acceptors (Lipinski definition) is 4. The SMILES string of the molecule is O=C1CC(N=C2NS(=O)(=O)c3ccccc32)CN1. The Hall–Kier alpha value is -1.89. The van der Waals surface area contributed by atoms with E-state index in [1.54, 1.807) is 18.2 Å². The molecule has 1 saturated heterocycles. The fraction of sp³-hybridized carbons (Fsp3) is 0.273. The summed E-state index contributed by atoms with van der Waals surface area (Å²) in [4.78, 5) is 15.6. The molecular weight excluding hydrogens is 254 g/mol. The van der Waals surface area contributed by atoms with Gasteiger partial charge in [0.25, 0.3) is 10.0 Å². The summed E-state index contributed by atoms with van der Waals surface area (Å²) >= 11 is 0. The fourth-order valence-corrected chi connectivity index (χ4v) is 3.33. The van der Waals surface area contributed by atoms with Gasteiger partial charge in [-0.2, -0.15) is 0 Å². The van der Waals surface area contributed by atoms with Gasteiger partial charge in [0.15, 0.2) is 0 Å². The maximum absolute atomic E-state index is 11.8. The van der Waals surface area contributed by atoms with Crippen molar-refractivity contribution in [3.63, 3.8) is 0 Å². The first kappa shape index (κ1) is 11.2. The molecule has 6 nitrogen and oxygen atoms in total. The minimum Gasteiger partial charge on any atom is -0.354 e. The maximum Gasteiger partial charge on any atom is 0.263 e. The number of carbonyl (C=O) groups is 1. The molecule has 1 fully saturated rings. The number of hydrogen-bond donors (Lipinski definition) is 2. The second-order valence-corrected chi connectivity index (χ2v) is 5.89. The van der Waals surface area contributed by atoms with Gasteiger partial charge in [-0.25, -0.2) is 8.42 Å². The summed E-state index contributed by atoms with van der Waals surface area (Å²) in [7, 11) is -3.50. The molecule has 3 rings (SSSR count). The number of aliphatic imine (C=N–C) groups is 1. The highest BCUT2D eigenvalue weighted by Crippen LogP contribution is 2.23. The Morgan fingerprint density at radius 1 is 1.28 bits per heavy atom. The van der Waals surface area contributed by atoms with Gasteiger partial charge in [0, 0.05) is 12.1 Å². The first-order valence-corrected chi connectivity index (χ1v) is 7.01. The van der Waals surface area contributed by atoms with Crippen molar-refractivity contribution in [2.24, 2.45) is 4.99 Å². The van der Waals surface area contributed by atoms with Gasteiger partial charge in [0.2, 0.25) is 5.91 Å². The Kier molecular flexibility index (Phi) is 2.37. The quantitative estimate of drug-likeness (QED) is 0.725. The van der Waals surface area contributed by atoms with Gasteiger partial charge in [0.05, 0.1) is 17.4 Å². The van der Waals surface area contributed by atoms with Crippen LogP contribution in [0, 0.1) is 0 Å². The van der Waals surface area contributed by atoms with Crippen LogP contribution in [-0.2, 0) is 14.8 Å². The van der Waals surface area contributed by atoms with Crippen molar-refractivity contribution in [1.82, 2.24) is 10.0 Å². The second-order valence-electron chi connectivity index (χ2n) is 4.24. The van der Waals surface area contributed by atoms with Crippen molar-refractivity contribution < 1.29 is 13.2 Å². The number of amidine groups is 1. The molecule has 7 heteroatoms. The molecular formula is C11H11N3O3S. The molecule has 94 valence electrons. The molecule has 0 bridgehead atoms. The molecule has 1 aromatic carbocycles. The third kappa shape index (κ3) is 1.76. The Morgan fingerprint density at radius 3 is 2.78 bits per heavy atom. The molecule has 2 N–H and O–H groups in total. The first-order valence-electron chi connectivity index (χ1n) is 5.53. The van der Waals surface area contributed by atoms with E-state index in [2.05, 4.69) is 15.0 Å². The van der Waals surface area contributed by atoms with Gasteiger partial charge in [-0.1, -0.05) is 12.1 Å². The van der Waals surface area contributed by atoms with Gasteiger partial charge in [-0.05, 0) is 12.1 Å². The van der Waals surface area contributed by atoms with Crippen molar-refractivity contribution in [2.75, 3.05) is 6.54 Å². The van der Waals surface area contributed by atoms with E-state index in [0.29, 0.717) is 24.4 Å². The first-order chi connectivity index (χ1) is 8.56. The molecule has 18 heavy (non-hydrogen) atoms. The lowest BCUT2D eigenvalue weighted by atomic mass is 10.2. The molecule has 0 spiro atoms. The molecule has 2 heterocycles. The van der Waals surface area contributed by atoms with Crippen LogP contribution in [0.2, 0.25) is 0 Å². The Morgan fingerprint density at radius 2 is 2.06 bits per heavy atom. The molecule has 0 saturated carbocycles. The molecule has 2 aliphatic heterocycles. The number of nitrogens with zero attached hydrogens (tertiary/aromatic N) is 1. The van der Waals surface area contributed by atoms with Gasteiger partial charge >= 0.3 is 0 Å². The molecule has 0 aliphatic carbocycles. The van der Waals surface area contributed by atoms with E-state index in [4.69, 9.17) is 0 Å². The number of fused-ring (bicyclic) bond motifs is 1. The van der Waals surface area contributed by atoms with E-state index in [1.165, 1.54) is 6.07 Å². The Balaban J connectivity index is 2.01. The number of amides is 1. The summed E-state index contributed by atoms with van der Waals surface area (Å²) in [5, 5.41) is 2.67. The van der Waals surface area contributed by atoms with Crippen molar-refractivity contribution in [2.45, 2.75) is 17.4 Å². The van der Waals surface area contributed by atoms with E-state index in [-0.39, 0.29) is 16.8 Å². The Labute approximate surface area is 104 Å². The third-order valence-electron chi connectivity index (χ3n) is 2.93. The molecule has 1 amide bonds. The van der Waals surface area contributed by atoms with Crippen LogP contribution in [-0.4, -0.2) is 32.7 Å². The second kappa shape index (κ2) is 3.81. The lowest BCUT2D eigenvalue weighted by Gasteiger charge is -2.03. The van der Waals surface area contributed by atoms with Gasteiger partial charge < -0.3 is 5.32 Å². The minimum absolute atomic E-state index is 0.0570. The van der Waals surface area contributed by atoms with Crippen molar-refractivity contribution in [1.29, 1.82) is 0 Å². The third-order valence-corrected chi connectivity index (χ3v) is 4.33. The highest BCUT2D eigenvalue weighted by molar-refractivity contribution is 7.90. The normalized spacial score (nSPS) is 26.8. The number of sulfonamides is 1. The van der Waals surface area contributed by atoms with E-state index in [1.807, 2.05) is 0 Å². The Bertz CT molecular complexity index is 651. The zero-order valence-electron chi connectivity index (χ0n) is 9.38. The van der Waals surface area contributed by atoms with Crippen LogP contribution < -0.4 is 10.0 Å². The average Bonchev–Trinajstić information content (AvgIpc) is 2.83. The summed E-state index contributed by atoms with van der Waals surface area (Å²) in [6, 6.07) is 6.46. The molecule has 2 aliphatic rings. The standard InChI is InChI=1S/C11H11N3O3S/c15-10-5-7(6-12-10)13-11-8-3-1-2-4-9(8)18(16,17)14-11/h1-4,7H,5-6H2,(H,12,15)(H,13,14). The summed E-state index contributed by atoms with van der Waals surface area (Å²) in [6.45, 7) is 0.451. The highest BCUT2D eigenvalue weighted by atomic mass is 32.2.